The molecule has 1 fully saturated rings. The molecule has 0 bridgehead atoms. The maximum absolute atomic E-state index is 13.1. The van der Waals surface area contributed by atoms with Gasteiger partial charge in [-0.15, -0.1) is 0 Å². The summed E-state index contributed by atoms with van der Waals surface area (Å²) in [6.07, 6.45) is 1.80. The van der Waals surface area contributed by atoms with E-state index in [1.807, 2.05) is 56.3 Å². The van der Waals surface area contributed by atoms with E-state index in [1.165, 1.54) is 0 Å². The molecule has 0 radical (unpaired) electrons. The number of hydrogen-bond acceptors (Lipinski definition) is 4. The predicted octanol–water partition coefficient (Wildman–Crippen LogP) is 3.31. The van der Waals surface area contributed by atoms with Gasteiger partial charge in [0.05, 0.1) is 7.11 Å². The van der Waals surface area contributed by atoms with Crippen molar-refractivity contribution in [3.05, 3.63) is 59.2 Å². The van der Waals surface area contributed by atoms with Crippen molar-refractivity contribution < 1.29 is 19.1 Å². The highest BCUT2D eigenvalue weighted by Crippen LogP contribution is 2.28. The lowest BCUT2D eigenvalue weighted by Gasteiger charge is -2.23. The number of methoxy groups -OCH3 is 1. The molecule has 7 heteroatoms. The van der Waals surface area contributed by atoms with E-state index >= 15 is 0 Å². The van der Waals surface area contributed by atoms with Crippen LogP contribution in [0.4, 0.5) is 10.5 Å². The number of para-hydroxylation sites is 2. The maximum Gasteiger partial charge on any atom is 0.325 e. The summed E-state index contributed by atoms with van der Waals surface area (Å²) in [5, 5.41) is 5.66. The number of imide groups is 1. The number of aryl methyl sites for hydroxylation is 2. The topological polar surface area (TPSA) is 87.7 Å². The van der Waals surface area contributed by atoms with Gasteiger partial charge in [-0.05, 0) is 42.5 Å². The average molecular weight is 424 g/mol. The second kappa shape index (κ2) is 9.20. The summed E-state index contributed by atoms with van der Waals surface area (Å²) in [5.41, 5.74) is 2.46. The van der Waals surface area contributed by atoms with Crippen LogP contribution in [-0.2, 0) is 28.9 Å². The fourth-order valence-electron chi connectivity index (χ4n) is 3.97. The van der Waals surface area contributed by atoms with Crippen molar-refractivity contribution in [2.24, 2.45) is 0 Å². The molecule has 164 valence electrons. The van der Waals surface area contributed by atoms with Crippen molar-refractivity contribution >= 4 is 23.5 Å². The number of carbonyl (C=O) groups excluding carboxylic acids is 3. The van der Waals surface area contributed by atoms with Gasteiger partial charge in [0.25, 0.3) is 5.91 Å². The van der Waals surface area contributed by atoms with Crippen LogP contribution >= 0.6 is 0 Å². The van der Waals surface area contributed by atoms with Gasteiger partial charge >= 0.3 is 6.03 Å². The Hall–Kier alpha value is -3.35. The second-order valence-electron chi connectivity index (χ2n) is 7.85. The van der Waals surface area contributed by atoms with Crippen LogP contribution in [0.25, 0.3) is 0 Å². The Balaban J connectivity index is 1.75. The Morgan fingerprint density at radius 2 is 1.65 bits per heavy atom. The van der Waals surface area contributed by atoms with E-state index in [9.17, 15) is 14.4 Å². The van der Waals surface area contributed by atoms with Gasteiger partial charge in [-0.2, -0.15) is 0 Å². The molecule has 1 aliphatic rings. The molecule has 1 atom stereocenters. The molecule has 2 aromatic rings. The molecule has 0 aromatic heterocycles. The summed E-state index contributed by atoms with van der Waals surface area (Å²) >= 11 is 0. The molecular weight excluding hydrogens is 394 g/mol. The van der Waals surface area contributed by atoms with Crippen molar-refractivity contribution in [2.45, 2.75) is 45.6 Å². The van der Waals surface area contributed by atoms with E-state index in [1.54, 1.807) is 14.0 Å². The minimum atomic E-state index is -1.15. The molecule has 4 amide bonds. The van der Waals surface area contributed by atoms with Gasteiger partial charge in [-0.25, -0.2) is 4.79 Å². The first-order chi connectivity index (χ1) is 14.8. The Morgan fingerprint density at radius 3 is 2.26 bits per heavy atom. The Bertz CT molecular complexity index is 982. The number of nitrogens with one attached hydrogen (secondary N) is 2. The normalized spacial score (nSPS) is 18.1. The molecular formula is C24H29N3O4. The van der Waals surface area contributed by atoms with Crippen LogP contribution in [0.5, 0.6) is 5.75 Å². The van der Waals surface area contributed by atoms with E-state index in [4.69, 9.17) is 4.74 Å². The molecule has 0 spiro atoms. The minimum absolute atomic E-state index is 0.262. The summed E-state index contributed by atoms with van der Waals surface area (Å²) in [4.78, 5) is 39.4. The van der Waals surface area contributed by atoms with Gasteiger partial charge in [-0.1, -0.05) is 50.2 Å². The summed E-state index contributed by atoms with van der Waals surface area (Å²) < 4.78 is 5.36. The third-order valence-corrected chi connectivity index (χ3v) is 5.65. The SMILES string of the molecule is CCc1cccc(CC)c1NC(=O)CN1C(=O)N[C@@](C)(Cc2ccccc2OC)C1=O. The number of amides is 4. The zero-order valence-corrected chi connectivity index (χ0v) is 18.5. The van der Waals surface area contributed by atoms with Gasteiger partial charge in [0.1, 0.15) is 17.8 Å². The highest BCUT2D eigenvalue weighted by Gasteiger charge is 2.48. The zero-order valence-electron chi connectivity index (χ0n) is 18.5. The van der Waals surface area contributed by atoms with E-state index in [0.29, 0.717) is 5.75 Å². The number of urea groups is 1. The van der Waals surface area contributed by atoms with Gasteiger partial charge in [0, 0.05) is 12.1 Å². The Morgan fingerprint density at radius 1 is 1.03 bits per heavy atom. The molecule has 0 saturated carbocycles. The quantitative estimate of drug-likeness (QED) is 0.638. The first-order valence-corrected chi connectivity index (χ1v) is 10.5. The maximum atomic E-state index is 13.1. The molecule has 2 N–H and O–H groups in total. The highest BCUT2D eigenvalue weighted by molar-refractivity contribution is 6.10. The number of benzene rings is 2. The third-order valence-electron chi connectivity index (χ3n) is 5.65. The molecule has 3 rings (SSSR count). The summed E-state index contributed by atoms with van der Waals surface area (Å²) in [6, 6.07) is 12.7. The van der Waals surface area contributed by atoms with Gasteiger partial charge < -0.3 is 15.4 Å². The lowest BCUT2D eigenvalue weighted by Crippen LogP contribution is -2.46. The number of rotatable bonds is 8. The van der Waals surface area contributed by atoms with Crippen LogP contribution in [0.2, 0.25) is 0 Å². The fourth-order valence-corrected chi connectivity index (χ4v) is 3.97. The van der Waals surface area contributed by atoms with E-state index in [2.05, 4.69) is 10.6 Å². The Kier molecular flexibility index (Phi) is 6.63. The van der Waals surface area contributed by atoms with Crippen molar-refractivity contribution in [1.29, 1.82) is 0 Å². The zero-order chi connectivity index (χ0) is 22.6. The minimum Gasteiger partial charge on any atom is -0.496 e. The lowest BCUT2D eigenvalue weighted by atomic mass is 9.92. The van der Waals surface area contributed by atoms with Crippen molar-refractivity contribution in [1.82, 2.24) is 10.2 Å². The summed E-state index contributed by atoms with van der Waals surface area (Å²) in [6.45, 7) is 5.36. The number of anilines is 1. The second-order valence-corrected chi connectivity index (χ2v) is 7.85. The molecule has 0 unspecified atom stereocenters. The van der Waals surface area contributed by atoms with Gasteiger partial charge in [-0.3, -0.25) is 14.5 Å². The van der Waals surface area contributed by atoms with Crippen LogP contribution in [-0.4, -0.2) is 41.9 Å². The Labute approximate surface area is 182 Å². The summed E-state index contributed by atoms with van der Waals surface area (Å²) in [7, 11) is 1.56. The van der Waals surface area contributed by atoms with Crippen LogP contribution in [0, 0.1) is 0 Å². The molecule has 7 nitrogen and oxygen atoms in total. The number of carbonyl (C=O) groups is 3. The van der Waals surface area contributed by atoms with Crippen LogP contribution in [0.3, 0.4) is 0 Å². The average Bonchev–Trinajstić information content (AvgIpc) is 2.97. The number of hydrogen-bond donors (Lipinski definition) is 2. The fraction of sp³-hybridized carbons (Fsp3) is 0.375. The number of nitrogens with zero attached hydrogens (tertiary/aromatic N) is 1. The van der Waals surface area contributed by atoms with Crippen molar-refractivity contribution in [3.8, 4) is 5.75 Å². The van der Waals surface area contributed by atoms with Crippen molar-refractivity contribution in [3.63, 3.8) is 0 Å². The molecule has 1 heterocycles. The first kappa shape index (κ1) is 22.3. The monoisotopic (exact) mass is 423 g/mol. The van der Waals surface area contributed by atoms with E-state index in [0.717, 1.165) is 40.1 Å². The van der Waals surface area contributed by atoms with E-state index < -0.39 is 23.4 Å². The first-order valence-electron chi connectivity index (χ1n) is 10.5. The van der Waals surface area contributed by atoms with Gasteiger partial charge in [0.2, 0.25) is 5.91 Å². The third kappa shape index (κ3) is 4.55. The van der Waals surface area contributed by atoms with E-state index in [-0.39, 0.29) is 13.0 Å². The number of ether oxygens (including phenoxy) is 1. The highest BCUT2D eigenvalue weighted by atomic mass is 16.5. The molecule has 31 heavy (non-hydrogen) atoms. The molecule has 2 aromatic carbocycles. The van der Waals surface area contributed by atoms with Gasteiger partial charge in [0.15, 0.2) is 0 Å². The smallest absolute Gasteiger partial charge is 0.325 e. The van der Waals surface area contributed by atoms with Crippen molar-refractivity contribution in [2.75, 3.05) is 19.0 Å². The molecule has 1 saturated heterocycles. The van der Waals surface area contributed by atoms with Crippen LogP contribution in [0.1, 0.15) is 37.5 Å². The largest absolute Gasteiger partial charge is 0.496 e. The standard InChI is InChI=1S/C24H29N3O4/c1-5-16-11-9-12-17(6-2)21(16)25-20(28)15-27-22(29)24(3,26-23(27)30)14-18-10-7-8-13-19(18)31-4/h7-13H,5-6,14-15H2,1-4H3,(H,25,28)(H,26,30)/t24-/m0/s1. The van der Waals surface area contributed by atoms with Crippen LogP contribution < -0.4 is 15.4 Å². The molecule has 0 aliphatic carbocycles. The summed E-state index contributed by atoms with van der Waals surface area (Å²) in [5.74, 6) is -0.191. The molecule has 1 aliphatic heterocycles. The predicted molar refractivity (Wildman–Crippen MR) is 119 cm³/mol. The lowest BCUT2D eigenvalue weighted by molar-refractivity contribution is -0.133. The van der Waals surface area contributed by atoms with Crippen LogP contribution in [0.15, 0.2) is 42.5 Å².